The largest absolute Gasteiger partial charge is 0.507 e. The number of nitrogens with zero attached hydrogens (tertiary/aromatic N) is 3. The second-order valence-corrected chi connectivity index (χ2v) is 8.98. The predicted octanol–water partition coefficient (Wildman–Crippen LogP) is 4.83. The number of ketones is 1. The van der Waals surface area contributed by atoms with Gasteiger partial charge in [0.2, 0.25) is 5.13 Å². The van der Waals surface area contributed by atoms with Crippen LogP contribution in [0, 0.1) is 6.92 Å². The van der Waals surface area contributed by atoms with Crippen LogP contribution in [0.25, 0.3) is 5.76 Å². The zero-order valence-corrected chi connectivity index (χ0v) is 20.2. The van der Waals surface area contributed by atoms with Crippen molar-refractivity contribution >= 4 is 33.9 Å². The zero-order valence-electron chi connectivity index (χ0n) is 19.4. The number of carbonyl (C=O) groups excluding carboxylic acids is 2. The maximum atomic E-state index is 13.2. The summed E-state index contributed by atoms with van der Waals surface area (Å²) in [5.41, 5.74) is 0.943. The zero-order chi connectivity index (χ0) is 24.9. The number of hydrogen-bond acceptors (Lipinski definition) is 8. The minimum absolute atomic E-state index is 0.0362. The Morgan fingerprint density at radius 3 is 2.57 bits per heavy atom. The normalized spacial score (nSPS) is 17.0. The quantitative estimate of drug-likeness (QED) is 0.198. The van der Waals surface area contributed by atoms with Crippen molar-refractivity contribution in [2.75, 3.05) is 18.1 Å². The molecule has 1 aliphatic heterocycles. The monoisotopic (exact) mass is 491 g/mol. The SMILES string of the molecule is C=CCOc1cccc(C2/C(=C(/O)c3ccc(OCCC)cc3)C(=O)C(=O)N2c2nnc(C)s2)c1. The molecule has 35 heavy (non-hydrogen) atoms. The minimum atomic E-state index is -0.911. The molecule has 1 aliphatic rings. The lowest BCUT2D eigenvalue weighted by molar-refractivity contribution is -0.132. The van der Waals surface area contributed by atoms with E-state index in [-0.39, 0.29) is 16.5 Å². The van der Waals surface area contributed by atoms with E-state index >= 15 is 0 Å². The summed E-state index contributed by atoms with van der Waals surface area (Å²) in [5, 5.41) is 20.3. The van der Waals surface area contributed by atoms with E-state index < -0.39 is 17.7 Å². The molecule has 9 heteroatoms. The summed E-state index contributed by atoms with van der Waals surface area (Å²) >= 11 is 1.19. The van der Waals surface area contributed by atoms with E-state index in [1.54, 1.807) is 61.5 Å². The van der Waals surface area contributed by atoms with Crippen molar-refractivity contribution in [3.05, 3.63) is 82.9 Å². The molecule has 0 aliphatic carbocycles. The highest BCUT2D eigenvalue weighted by atomic mass is 32.1. The first-order valence-corrected chi connectivity index (χ1v) is 11.9. The van der Waals surface area contributed by atoms with Crippen molar-refractivity contribution < 1.29 is 24.2 Å². The molecule has 1 aromatic heterocycles. The maximum absolute atomic E-state index is 13.2. The Hall–Kier alpha value is -3.98. The Balaban J connectivity index is 1.83. The molecule has 0 radical (unpaired) electrons. The van der Waals surface area contributed by atoms with Gasteiger partial charge in [0.1, 0.15) is 28.9 Å². The molecule has 1 fully saturated rings. The lowest BCUT2D eigenvalue weighted by Gasteiger charge is -2.23. The molecule has 2 aromatic carbocycles. The number of aliphatic hydroxyl groups is 1. The number of hydrogen-bond donors (Lipinski definition) is 1. The molecule has 2 heterocycles. The van der Waals surface area contributed by atoms with Crippen LogP contribution < -0.4 is 14.4 Å². The van der Waals surface area contributed by atoms with E-state index in [4.69, 9.17) is 9.47 Å². The average molecular weight is 492 g/mol. The fourth-order valence-corrected chi connectivity index (χ4v) is 4.46. The van der Waals surface area contributed by atoms with Crippen molar-refractivity contribution in [3.8, 4) is 11.5 Å². The van der Waals surface area contributed by atoms with Crippen LogP contribution >= 0.6 is 11.3 Å². The molecular formula is C26H25N3O5S. The highest BCUT2D eigenvalue weighted by molar-refractivity contribution is 7.15. The van der Waals surface area contributed by atoms with E-state index in [9.17, 15) is 14.7 Å². The fourth-order valence-electron chi connectivity index (χ4n) is 3.74. The molecule has 0 saturated carbocycles. The van der Waals surface area contributed by atoms with Gasteiger partial charge in [-0.2, -0.15) is 0 Å². The van der Waals surface area contributed by atoms with Crippen molar-refractivity contribution in [2.45, 2.75) is 26.3 Å². The van der Waals surface area contributed by atoms with Gasteiger partial charge in [0.05, 0.1) is 18.2 Å². The molecule has 1 saturated heterocycles. The first-order chi connectivity index (χ1) is 16.9. The number of amides is 1. The Bertz CT molecular complexity index is 1280. The lowest BCUT2D eigenvalue weighted by atomic mass is 9.95. The molecule has 1 atom stereocenters. The van der Waals surface area contributed by atoms with Crippen molar-refractivity contribution in [1.29, 1.82) is 0 Å². The molecule has 3 aromatic rings. The molecule has 0 spiro atoms. The van der Waals surface area contributed by atoms with Crippen molar-refractivity contribution in [3.63, 3.8) is 0 Å². The molecule has 0 bridgehead atoms. The van der Waals surface area contributed by atoms with Crippen LogP contribution in [0.3, 0.4) is 0 Å². The van der Waals surface area contributed by atoms with Gasteiger partial charge in [0.15, 0.2) is 0 Å². The van der Waals surface area contributed by atoms with Gasteiger partial charge in [-0.3, -0.25) is 14.5 Å². The van der Waals surface area contributed by atoms with Crippen molar-refractivity contribution in [2.24, 2.45) is 0 Å². The van der Waals surface area contributed by atoms with E-state index in [0.29, 0.717) is 40.8 Å². The Kier molecular flexibility index (Phi) is 7.26. The van der Waals surface area contributed by atoms with E-state index in [0.717, 1.165) is 6.42 Å². The van der Waals surface area contributed by atoms with Crippen LogP contribution in [0.4, 0.5) is 5.13 Å². The van der Waals surface area contributed by atoms with Gasteiger partial charge < -0.3 is 14.6 Å². The van der Waals surface area contributed by atoms with Crippen LogP contribution in [0.2, 0.25) is 0 Å². The standard InChI is InChI=1S/C26H25N3O5S/c1-4-13-33-19-11-9-17(10-12-19)23(30)21-22(18-7-6-8-20(15-18)34-14-5-2)29(25(32)24(21)31)26-28-27-16(3)35-26/h5-12,15,22,30H,2,4,13-14H2,1,3H3/b23-21-. The molecule has 1 N–H and O–H groups in total. The number of Topliss-reactive ketones (excluding diaryl/α,β-unsaturated/α-hetero) is 1. The van der Waals surface area contributed by atoms with Gasteiger partial charge in [0.25, 0.3) is 5.78 Å². The Labute approximate surface area is 207 Å². The first kappa shape index (κ1) is 24.2. The number of rotatable bonds is 9. The Morgan fingerprint density at radius 1 is 1.14 bits per heavy atom. The highest BCUT2D eigenvalue weighted by Crippen LogP contribution is 2.43. The summed E-state index contributed by atoms with van der Waals surface area (Å²) < 4.78 is 11.3. The van der Waals surface area contributed by atoms with Gasteiger partial charge in [-0.05, 0) is 55.3 Å². The number of ether oxygens (including phenoxy) is 2. The maximum Gasteiger partial charge on any atom is 0.301 e. The predicted molar refractivity (Wildman–Crippen MR) is 134 cm³/mol. The third-order valence-corrected chi connectivity index (χ3v) is 6.15. The summed E-state index contributed by atoms with van der Waals surface area (Å²) in [6.45, 7) is 8.30. The number of carbonyl (C=O) groups is 2. The van der Waals surface area contributed by atoms with Crippen LogP contribution in [0.15, 0.2) is 66.8 Å². The first-order valence-electron chi connectivity index (χ1n) is 11.1. The second kappa shape index (κ2) is 10.5. The summed E-state index contributed by atoms with van der Waals surface area (Å²) in [6.07, 6.45) is 2.49. The lowest BCUT2D eigenvalue weighted by Crippen LogP contribution is -2.29. The van der Waals surface area contributed by atoms with Gasteiger partial charge in [-0.1, -0.05) is 43.0 Å². The molecule has 1 amide bonds. The molecular weight excluding hydrogens is 466 g/mol. The summed E-state index contributed by atoms with van der Waals surface area (Å²) in [5.74, 6) is -0.677. The van der Waals surface area contributed by atoms with Gasteiger partial charge in [-0.25, -0.2) is 0 Å². The van der Waals surface area contributed by atoms with Gasteiger partial charge >= 0.3 is 5.91 Å². The summed E-state index contributed by atoms with van der Waals surface area (Å²) in [6, 6.07) is 12.9. The molecule has 180 valence electrons. The summed E-state index contributed by atoms with van der Waals surface area (Å²) in [4.78, 5) is 27.7. The van der Waals surface area contributed by atoms with Gasteiger partial charge in [0, 0.05) is 5.56 Å². The average Bonchev–Trinajstić information content (AvgIpc) is 3.41. The third kappa shape index (κ3) is 4.95. The minimum Gasteiger partial charge on any atom is -0.507 e. The fraction of sp³-hybridized carbons (Fsp3) is 0.231. The van der Waals surface area contributed by atoms with Crippen LogP contribution in [0.1, 0.15) is 35.5 Å². The Morgan fingerprint density at radius 2 is 1.91 bits per heavy atom. The number of aromatic nitrogens is 2. The van der Waals surface area contributed by atoms with Crippen LogP contribution in [-0.4, -0.2) is 40.2 Å². The smallest absolute Gasteiger partial charge is 0.301 e. The number of anilines is 1. The molecule has 4 rings (SSSR count). The van der Waals surface area contributed by atoms with E-state index in [2.05, 4.69) is 16.8 Å². The topological polar surface area (TPSA) is 102 Å². The van der Waals surface area contributed by atoms with Crippen LogP contribution in [0.5, 0.6) is 11.5 Å². The van der Waals surface area contributed by atoms with Gasteiger partial charge in [-0.15, -0.1) is 10.2 Å². The van der Waals surface area contributed by atoms with Crippen molar-refractivity contribution in [1.82, 2.24) is 10.2 Å². The number of aryl methyl sites for hydroxylation is 1. The van der Waals surface area contributed by atoms with E-state index in [1.807, 2.05) is 6.92 Å². The molecule has 1 unspecified atom stereocenters. The second-order valence-electron chi connectivity index (χ2n) is 7.82. The number of benzene rings is 2. The van der Waals surface area contributed by atoms with E-state index in [1.165, 1.54) is 16.2 Å². The van der Waals surface area contributed by atoms with Crippen LogP contribution in [-0.2, 0) is 9.59 Å². The summed E-state index contributed by atoms with van der Waals surface area (Å²) in [7, 11) is 0. The number of aliphatic hydroxyl groups excluding tert-OH is 1. The molecule has 8 nitrogen and oxygen atoms in total. The third-order valence-electron chi connectivity index (χ3n) is 5.31. The highest BCUT2D eigenvalue weighted by Gasteiger charge is 2.48.